The Hall–Kier alpha value is -0.970. The van der Waals surface area contributed by atoms with E-state index in [-0.39, 0.29) is 17.5 Å². The minimum atomic E-state index is -0.329. The maximum atomic E-state index is 13.1. The van der Waals surface area contributed by atoms with Crippen LogP contribution in [0.25, 0.3) is 0 Å². The first-order chi connectivity index (χ1) is 8.96. The zero-order valence-electron chi connectivity index (χ0n) is 12.3. The van der Waals surface area contributed by atoms with Crippen molar-refractivity contribution in [3.63, 3.8) is 0 Å². The van der Waals surface area contributed by atoms with Crippen LogP contribution in [0.2, 0.25) is 0 Å². The van der Waals surface area contributed by atoms with Crippen molar-refractivity contribution in [1.29, 1.82) is 0 Å². The van der Waals surface area contributed by atoms with Crippen LogP contribution in [-0.2, 0) is 11.2 Å². The molecule has 0 amide bonds. The third-order valence-corrected chi connectivity index (χ3v) is 3.84. The number of aryl methyl sites for hydroxylation is 1. The first kappa shape index (κ1) is 16.1. The Balaban J connectivity index is 2.92. The summed E-state index contributed by atoms with van der Waals surface area (Å²) in [7, 11) is 0. The van der Waals surface area contributed by atoms with Crippen molar-refractivity contribution in [2.75, 3.05) is 6.61 Å². The van der Waals surface area contributed by atoms with Crippen molar-refractivity contribution in [1.82, 2.24) is 5.43 Å². The number of hydrogen-bond acceptors (Lipinski definition) is 3. The molecule has 108 valence electrons. The van der Waals surface area contributed by atoms with Gasteiger partial charge in [-0.3, -0.25) is 11.3 Å². The lowest BCUT2D eigenvalue weighted by Gasteiger charge is -2.36. The van der Waals surface area contributed by atoms with Gasteiger partial charge < -0.3 is 4.74 Å². The van der Waals surface area contributed by atoms with Gasteiger partial charge in [-0.25, -0.2) is 4.39 Å². The summed E-state index contributed by atoms with van der Waals surface area (Å²) in [6.45, 7) is 8.67. The third-order valence-electron chi connectivity index (χ3n) is 3.84. The summed E-state index contributed by atoms with van der Waals surface area (Å²) in [6.07, 6.45) is 1.57. The van der Waals surface area contributed by atoms with E-state index in [9.17, 15) is 4.39 Å². The van der Waals surface area contributed by atoms with Gasteiger partial charge in [0.25, 0.3) is 0 Å². The fourth-order valence-electron chi connectivity index (χ4n) is 2.34. The Bertz CT molecular complexity index is 411. The summed E-state index contributed by atoms with van der Waals surface area (Å²) in [6, 6.07) is 4.84. The molecule has 0 aromatic heterocycles. The fraction of sp³-hybridized carbons (Fsp3) is 0.600. The number of ether oxygens (including phenoxy) is 1. The first-order valence-corrected chi connectivity index (χ1v) is 6.82. The summed E-state index contributed by atoms with van der Waals surface area (Å²) < 4.78 is 19.0. The average Bonchev–Trinajstić information content (AvgIpc) is 2.38. The molecular weight excluding hydrogens is 243 g/mol. The van der Waals surface area contributed by atoms with E-state index in [1.54, 1.807) is 6.07 Å². The molecule has 19 heavy (non-hydrogen) atoms. The number of hydrazine groups is 1. The van der Waals surface area contributed by atoms with E-state index in [1.165, 1.54) is 6.07 Å². The largest absolute Gasteiger partial charge is 0.374 e. The van der Waals surface area contributed by atoms with Gasteiger partial charge in [0, 0.05) is 6.61 Å². The fourth-order valence-corrected chi connectivity index (χ4v) is 2.34. The quantitative estimate of drug-likeness (QED) is 0.590. The van der Waals surface area contributed by atoms with Crippen LogP contribution in [0, 0.1) is 12.7 Å². The molecule has 0 bridgehead atoms. The third kappa shape index (κ3) is 4.00. The van der Waals surface area contributed by atoms with Crippen LogP contribution in [0.15, 0.2) is 18.2 Å². The highest BCUT2D eigenvalue weighted by Crippen LogP contribution is 2.24. The molecule has 1 rings (SSSR count). The highest BCUT2D eigenvalue weighted by molar-refractivity contribution is 5.27. The van der Waals surface area contributed by atoms with Crippen LogP contribution < -0.4 is 11.3 Å². The summed E-state index contributed by atoms with van der Waals surface area (Å²) >= 11 is 0. The van der Waals surface area contributed by atoms with E-state index >= 15 is 0 Å². The summed E-state index contributed by atoms with van der Waals surface area (Å²) in [4.78, 5) is 0. The molecule has 0 aliphatic carbocycles. The van der Waals surface area contributed by atoms with Gasteiger partial charge in [0.05, 0.1) is 11.6 Å². The molecule has 1 aromatic carbocycles. The van der Waals surface area contributed by atoms with Crippen molar-refractivity contribution in [3.8, 4) is 0 Å². The molecule has 3 nitrogen and oxygen atoms in total. The molecule has 0 heterocycles. The van der Waals surface area contributed by atoms with E-state index in [1.807, 2.05) is 19.9 Å². The summed E-state index contributed by atoms with van der Waals surface area (Å²) in [5.74, 6) is 5.48. The van der Waals surface area contributed by atoms with Gasteiger partial charge >= 0.3 is 0 Å². The van der Waals surface area contributed by atoms with Crippen molar-refractivity contribution in [2.24, 2.45) is 5.84 Å². The van der Waals surface area contributed by atoms with Crippen LogP contribution in [0.5, 0.6) is 0 Å². The number of benzene rings is 1. The molecule has 0 saturated carbocycles. The maximum Gasteiger partial charge on any atom is 0.123 e. The highest BCUT2D eigenvalue weighted by Gasteiger charge is 2.32. The molecule has 0 radical (unpaired) electrons. The second kappa shape index (κ2) is 6.98. The summed E-state index contributed by atoms with van der Waals surface area (Å²) in [5.41, 5.74) is 4.55. The van der Waals surface area contributed by atoms with E-state index < -0.39 is 0 Å². The molecule has 2 unspecified atom stereocenters. The second-order valence-corrected chi connectivity index (χ2v) is 5.09. The van der Waals surface area contributed by atoms with Crippen molar-refractivity contribution in [3.05, 3.63) is 35.1 Å². The predicted octanol–water partition coefficient (Wildman–Crippen LogP) is 2.71. The maximum absolute atomic E-state index is 13.1. The molecule has 4 heteroatoms. The second-order valence-electron chi connectivity index (χ2n) is 5.09. The van der Waals surface area contributed by atoms with Gasteiger partial charge in [0.1, 0.15) is 5.82 Å². The Kier molecular flexibility index (Phi) is 5.91. The highest BCUT2D eigenvalue weighted by atomic mass is 19.1. The number of nitrogens with two attached hydrogens (primary N) is 1. The molecule has 0 fully saturated rings. The molecule has 2 atom stereocenters. The van der Waals surface area contributed by atoms with Gasteiger partial charge in [-0.15, -0.1) is 0 Å². The molecule has 1 aromatic rings. The van der Waals surface area contributed by atoms with Gasteiger partial charge in [-0.05, 0) is 56.9 Å². The zero-order valence-corrected chi connectivity index (χ0v) is 12.3. The van der Waals surface area contributed by atoms with Gasteiger partial charge in [-0.1, -0.05) is 13.0 Å². The van der Waals surface area contributed by atoms with Crippen LogP contribution in [-0.4, -0.2) is 18.2 Å². The lowest BCUT2D eigenvalue weighted by Crippen LogP contribution is -2.54. The van der Waals surface area contributed by atoms with Crippen molar-refractivity contribution < 1.29 is 9.13 Å². The zero-order chi connectivity index (χ0) is 14.5. The molecule has 0 aliphatic rings. The van der Waals surface area contributed by atoms with Crippen LogP contribution in [0.3, 0.4) is 0 Å². The van der Waals surface area contributed by atoms with Crippen molar-refractivity contribution >= 4 is 0 Å². The molecule has 3 N–H and O–H groups in total. The normalized spacial score (nSPS) is 16.1. The number of rotatable bonds is 7. The lowest BCUT2D eigenvalue weighted by molar-refractivity contribution is -0.0551. The Morgan fingerprint density at radius 3 is 2.58 bits per heavy atom. The average molecular weight is 268 g/mol. The van der Waals surface area contributed by atoms with Crippen LogP contribution in [0.1, 0.15) is 38.3 Å². The minimum Gasteiger partial charge on any atom is -0.374 e. The molecule has 0 saturated heterocycles. The van der Waals surface area contributed by atoms with Gasteiger partial charge in [-0.2, -0.15) is 0 Å². The van der Waals surface area contributed by atoms with E-state index in [0.717, 1.165) is 17.5 Å². The van der Waals surface area contributed by atoms with Crippen LogP contribution >= 0.6 is 0 Å². The Labute approximate surface area is 115 Å². The van der Waals surface area contributed by atoms with E-state index in [4.69, 9.17) is 10.6 Å². The lowest BCUT2D eigenvalue weighted by atomic mass is 9.87. The number of nitrogens with one attached hydrogen (secondary N) is 1. The minimum absolute atomic E-state index is 0.0124. The van der Waals surface area contributed by atoms with Crippen molar-refractivity contribution in [2.45, 2.75) is 52.2 Å². The standard InChI is InChI=1S/C15H25FN2O/c1-5-15(4,19-6-2)14(18-17)10-12-7-8-13(16)9-11(12)3/h7-9,14,18H,5-6,10,17H2,1-4H3. The van der Waals surface area contributed by atoms with E-state index in [0.29, 0.717) is 13.0 Å². The molecule has 0 spiro atoms. The number of halogens is 1. The number of hydrogen-bond donors (Lipinski definition) is 2. The summed E-state index contributed by atoms with van der Waals surface area (Å²) in [5, 5.41) is 0. The Morgan fingerprint density at radius 1 is 1.42 bits per heavy atom. The van der Waals surface area contributed by atoms with Gasteiger partial charge in [0.2, 0.25) is 0 Å². The van der Waals surface area contributed by atoms with Gasteiger partial charge in [0.15, 0.2) is 0 Å². The topological polar surface area (TPSA) is 47.3 Å². The smallest absolute Gasteiger partial charge is 0.123 e. The first-order valence-electron chi connectivity index (χ1n) is 6.82. The monoisotopic (exact) mass is 268 g/mol. The SMILES string of the molecule is CCOC(C)(CC)C(Cc1ccc(F)cc1C)NN. The Morgan fingerprint density at radius 2 is 2.11 bits per heavy atom. The van der Waals surface area contributed by atoms with Crippen LogP contribution in [0.4, 0.5) is 4.39 Å². The molecular formula is C15H25FN2O. The molecule has 0 aliphatic heterocycles. The predicted molar refractivity (Wildman–Crippen MR) is 76.3 cm³/mol. The van der Waals surface area contributed by atoms with E-state index in [2.05, 4.69) is 19.3 Å².